The largest absolute Gasteiger partial charge is 0.360 e. The van der Waals surface area contributed by atoms with Crippen molar-refractivity contribution in [2.75, 3.05) is 0 Å². The van der Waals surface area contributed by atoms with Crippen LogP contribution in [0.2, 0.25) is 0 Å². The van der Waals surface area contributed by atoms with E-state index in [1.165, 1.54) is 0 Å². The zero-order valence-corrected chi connectivity index (χ0v) is 17.5. The van der Waals surface area contributed by atoms with Crippen LogP contribution in [0.1, 0.15) is 52.2 Å². The van der Waals surface area contributed by atoms with E-state index < -0.39 is 11.8 Å². The number of para-hydroxylation sites is 1. The summed E-state index contributed by atoms with van der Waals surface area (Å²) < 4.78 is 1.77. The Morgan fingerprint density at radius 3 is 2.66 bits per heavy atom. The molecule has 0 fully saturated rings. The first-order chi connectivity index (χ1) is 15.6. The van der Waals surface area contributed by atoms with E-state index in [0.717, 1.165) is 48.8 Å². The van der Waals surface area contributed by atoms with Crippen molar-refractivity contribution in [1.29, 1.82) is 0 Å². The maximum Gasteiger partial charge on any atom is 0.271 e. The van der Waals surface area contributed by atoms with E-state index in [-0.39, 0.29) is 5.56 Å². The minimum atomic E-state index is -0.478. The summed E-state index contributed by atoms with van der Waals surface area (Å²) in [4.78, 5) is 45.8. The highest BCUT2D eigenvalue weighted by molar-refractivity contribution is 6.07. The molecule has 3 N–H and O–H groups in total. The molecule has 0 bridgehead atoms. The number of carbonyl (C=O) groups is 2. The van der Waals surface area contributed by atoms with E-state index in [2.05, 4.69) is 20.8 Å². The molecule has 1 aliphatic heterocycles. The smallest absolute Gasteiger partial charge is 0.271 e. The number of hydrazine groups is 1. The Morgan fingerprint density at radius 1 is 0.938 bits per heavy atom. The van der Waals surface area contributed by atoms with Gasteiger partial charge in [0.1, 0.15) is 5.82 Å². The number of nitrogens with zero attached hydrogens (tertiary/aromatic N) is 2. The number of nitrogens with one attached hydrogen (secondary N) is 3. The molecule has 5 rings (SSSR count). The predicted octanol–water partition coefficient (Wildman–Crippen LogP) is 3.07. The lowest BCUT2D eigenvalue weighted by Crippen LogP contribution is -2.41. The molecule has 2 aromatic heterocycles. The van der Waals surface area contributed by atoms with Gasteiger partial charge in [0.2, 0.25) is 0 Å². The van der Waals surface area contributed by atoms with Crippen molar-refractivity contribution in [2.45, 2.75) is 38.6 Å². The zero-order valence-electron chi connectivity index (χ0n) is 17.5. The molecule has 0 saturated carbocycles. The van der Waals surface area contributed by atoms with Gasteiger partial charge in [-0.15, -0.1) is 0 Å². The summed E-state index contributed by atoms with van der Waals surface area (Å²) >= 11 is 0. The van der Waals surface area contributed by atoms with Crippen molar-refractivity contribution in [1.82, 2.24) is 25.4 Å². The Balaban J connectivity index is 1.37. The Morgan fingerprint density at radius 2 is 1.75 bits per heavy atom. The van der Waals surface area contributed by atoms with Crippen LogP contribution in [0.5, 0.6) is 0 Å². The number of rotatable bonds is 2. The van der Waals surface area contributed by atoms with Crippen LogP contribution in [0.4, 0.5) is 0 Å². The number of aromatic nitrogens is 3. The number of carbonyl (C=O) groups excluding carboxylic acids is 2. The molecule has 2 aromatic carbocycles. The van der Waals surface area contributed by atoms with Crippen molar-refractivity contribution in [3.05, 3.63) is 76.0 Å². The number of hydrogen-bond donors (Lipinski definition) is 3. The van der Waals surface area contributed by atoms with Gasteiger partial charge in [0.25, 0.3) is 17.4 Å². The number of aryl methyl sites for hydroxylation is 1. The first-order valence-electron chi connectivity index (χ1n) is 10.8. The first-order valence-corrected chi connectivity index (χ1v) is 10.8. The fourth-order valence-corrected chi connectivity index (χ4v) is 4.25. The Labute approximate surface area is 183 Å². The highest BCUT2D eigenvalue weighted by Gasteiger charge is 2.16. The van der Waals surface area contributed by atoms with Crippen molar-refractivity contribution >= 4 is 33.6 Å². The predicted molar refractivity (Wildman–Crippen MR) is 121 cm³/mol. The average Bonchev–Trinajstić information content (AvgIpc) is 3.22. The fourth-order valence-electron chi connectivity index (χ4n) is 4.25. The van der Waals surface area contributed by atoms with Gasteiger partial charge < -0.3 is 4.98 Å². The quantitative estimate of drug-likeness (QED) is 0.426. The van der Waals surface area contributed by atoms with Gasteiger partial charge in [0, 0.05) is 35.6 Å². The second-order valence-electron chi connectivity index (χ2n) is 8.04. The number of aromatic amines is 1. The molecule has 8 heteroatoms. The summed E-state index contributed by atoms with van der Waals surface area (Å²) in [6.07, 6.45) is 6.57. The van der Waals surface area contributed by atoms with Gasteiger partial charge in [-0.3, -0.25) is 29.8 Å². The van der Waals surface area contributed by atoms with Crippen molar-refractivity contribution in [3.8, 4) is 0 Å². The third-order valence-electron chi connectivity index (χ3n) is 5.95. The summed E-state index contributed by atoms with van der Waals surface area (Å²) in [6, 6.07) is 12.2. The topological polar surface area (TPSA) is 109 Å². The van der Waals surface area contributed by atoms with Crippen LogP contribution in [-0.2, 0) is 13.0 Å². The van der Waals surface area contributed by atoms with Gasteiger partial charge in [-0.2, -0.15) is 0 Å². The molecule has 3 heterocycles. The van der Waals surface area contributed by atoms with Crippen LogP contribution >= 0.6 is 0 Å². The molecule has 0 saturated heterocycles. The first kappa shape index (κ1) is 20.0. The molecule has 0 spiro atoms. The second-order valence-corrected chi connectivity index (χ2v) is 8.04. The Kier molecular flexibility index (Phi) is 5.18. The SMILES string of the molecule is O=C(NNC(=O)c1c[nH]c2ccccc12)c1ccc2c(=O)n3c(nc2c1)CCCCCC3. The number of amides is 2. The summed E-state index contributed by atoms with van der Waals surface area (Å²) in [7, 11) is 0. The van der Waals surface area contributed by atoms with Gasteiger partial charge in [-0.05, 0) is 37.1 Å². The van der Waals surface area contributed by atoms with Crippen LogP contribution in [0, 0.1) is 0 Å². The highest BCUT2D eigenvalue weighted by atomic mass is 16.2. The molecule has 0 aliphatic carbocycles. The molecule has 4 aromatic rings. The van der Waals surface area contributed by atoms with E-state index in [4.69, 9.17) is 0 Å². The lowest BCUT2D eigenvalue weighted by molar-refractivity contribution is 0.0847. The van der Waals surface area contributed by atoms with Crippen molar-refractivity contribution < 1.29 is 9.59 Å². The van der Waals surface area contributed by atoms with Crippen LogP contribution in [0.25, 0.3) is 21.8 Å². The van der Waals surface area contributed by atoms with Crippen LogP contribution in [-0.4, -0.2) is 26.3 Å². The molecule has 2 amide bonds. The number of hydrogen-bond acceptors (Lipinski definition) is 4. The van der Waals surface area contributed by atoms with Gasteiger partial charge in [-0.1, -0.05) is 31.0 Å². The van der Waals surface area contributed by atoms with E-state index in [9.17, 15) is 14.4 Å². The zero-order chi connectivity index (χ0) is 22.1. The molecule has 32 heavy (non-hydrogen) atoms. The molecule has 0 unspecified atom stereocenters. The Hall–Kier alpha value is -3.94. The summed E-state index contributed by atoms with van der Waals surface area (Å²) in [5, 5.41) is 1.26. The van der Waals surface area contributed by atoms with Gasteiger partial charge >= 0.3 is 0 Å². The molecular formula is C24H23N5O3. The van der Waals surface area contributed by atoms with E-state index in [0.29, 0.717) is 28.6 Å². The lowest BCUT2D eigenvalue weighted by atomic mass is 10.1. The molecule has 1 aliphatic rings. The fraction of sp³-hybridized carbons (Fsp3) is 0.250. The third-order valence-corrected chi connectivity index (χ3v) is 5.95. The summed E-state index contributed by atoms with van der Waals surface area (Å²) in [5.41, 5.74) is 6.93. The number of benzene rings is 2. The van der Waals surface area contributed by atoms with Gasteiger partial charge in [0.15, 0.2) is 0 Å². The van der Waals surface area contributed by atoms with Crippen LogP contribution < -0.4 is 16.4 Å². The molecule has 8 nitrogen and oxygen atoms in total. The van der Waals surface area contributed by atoms with Crippen molar-refractivity contribution in [3.63, 3.8) is 0 Å². The normalized spacial score (nSPS) is 13.9. The average molecular weight is 429 g/mol. The molecule has 0 radical (unpaired) electrons. The standard InChI is InChI=1S/C24H23N5O3/c30-22(27-28-23(31)18-14-25-19-8-5-4-7-16(18)19)15-10-11-17-20(13-15)26-21-9-3-1-2-6-12-29(21)24(17)32/h4-5,7-8,10-11,13-14,25H,1-3,6,9,12H2,(H,27,30)(H,28,31). The van der Waals surface area contributed by atoms with E-state index in [1.807, 2.05) is 24.3 Å². The van der Waals surface area contributed by atoms with Crippen molar-refractivity contribution in [2.24, 2.45) is 0 Å². The van der Waals surface area contributed by atoms with Crippen LogP contribution in [0.3, 0.4) is 0 Å². The van der Waals surface area contributed by atoms with E-state index in [1.54, 1.807) is 29.0 Å². The number of fused-ring (bicyclic) bond motifs is 3. The summed E-state index contributed by atoms with van der Waals surface area (Å²) in [5.74, 6) is -0.129. The van der Waals surface area contributed by atoms with Gasteiger partial charge in [0.05, 0.1) is 16.5 Å². The third kappa shape index (κ3) is 3.64. The monoisotopic (exact) mass is 429 g/mol. The molecular weight excluding hydrogens is 406 g/mol. The lowest BCUT2D eigenvalue weighted by Gasteiger charge is -2.16. The van der Waals surface area contributed by atoms with Crippen LogP contribution in [0.15, 0.2) is 53.5 Å². The molecule has 0 atom stereocenters. The highest BCUT2D eigenvalue weighted by Crippen LogP contribution is 2.18. The van der Waals surface area contributed by atoms with Gasteiger partial charge in [-0.25, -0.2) is 4.98 Å². The Bertz CT molecular complexity index is 1400. The number of H-pyrrole nitrogens is 1. The minimum Gasteiger partial charge on any atom is -0.360 e. The maximum absolute atomic E-state index is 12.9. The second kappa shape index (κ2) is 8.30. The summed E-state index contributed by atoms with van der Waals surface area (Å²) in [6.45, 7) is 0.680. The maximum atomic E-state index is 12.9. The minimum absolute atomic E-state index is 0.0634. The molecule has 162 valence electrons. The van der Waals surface area contributed by atoms with E-state index >= 15 is 0 Å².